The van der Waals surface area contributed by atoms with E-state index < -0.39 is 5.82 Å². The number of hydrogen-bond donors (Lipinski definition) is 3. The Bertz CT molecular complexity index is 1420. The van der Waals surface area contributed by atoms with E-state index in [2.05, 4.69) is 25.9 Å². The first kappa shape index (κ1) is 27.9. The van der Waals surface area contributed by atoms with Crippen molar-refractivity contribution in [3.63, 3.8) is 0 Å². The van der Waals surface area contributed by atoms with E-state index in [0.717, 1.165) is 45.7 Å². The maximum Gasteiger partial charge on any atom is 0.319 e. The molecule has 210 valence electrons. The molecule has 0 bridgehead atoms. The van der Waals surface area contributed by atoms with E-state index in [4.69, 9.17) is 9.47 Å². The van der Waals surface area contributed by atoms with Gasteiger partial charge in [0.2, 0.25) is 0 Å². The molecule has 0 unspecified atom stereocenters. The summed E-state index contributed by atoms with van der Waals surface area (Å²) in [5.41, 5.74) is 3.03. The number of rotatable bonds is 11. The molecule has 10 heteroatoms. The summed E-state index contributed by atoms with van der Waals surface area (Å²) >= 11 is 1.49. The maximum absolute atomic E-state index is 15.0. The molecule has 0 atom stereocenters. The fourth-order valence-electron chi connectivity index (χ4n) is 4.79. The SMILES string of the molecule is COCCNCc1ccc(-c2cc3nccc(Oc4ccc(NC(=O)NCC5CCCCC5)cc4F)c3s2)nc1. The molecular formula is C30H34FN5O3S. The largest absolute Gasteiger partial charge is 0.453 e. The molecule has 3 heterocycles. The average Bonchev–Trinajstić information content (AvgIpc) is 3.42. The zero-order valence-corrected chi connectivity index (χ0v) is 23.4. The fraction of sp³-hybridized carbons (Fsp3) is 0.367. The van der Waals surface area contributed by atoms with Crippen LogP contribution in [0.25, 0.3) is 20.8 Å². The van der Waals surface area contributed by atoms with Gasteiger partial charge in [0.05, 0.1) is 27.4 Å². The van der Waals surface area contributed by atoms with Gasteiger partial charge < -0.3 is 25.4 Å². The van der Waals surface area contributed by atoms with Gasteiger partial charge in [-0.2, -0.15) is 0 Å². The van der Waals surface area contributed by atoms with Crippen molar-refractivity contribution in [2.24, 2.45) is 5.92 Å². The summed E-state index contributed by atoms with van der Waals surface area (Å²) in [5.74, 6) is 0.526. The van der Waals surface area contributed by atoms with Crippen LogP contribution < -0.4 is 20.7 Å². The number of nitrogens with one attached hydrogen (secondary N) is 3. The number of hydrogen-bond acceptors (Lipinski definition) is 7. The van der Waals surface area contributed by atoms with E-state index in [1.807, 2.05) is 24.4 Å². The second-order valence-corrected chi connectivity index (χ2v) is 11.0. The lowest BCUT2D eigenvalue weighted by Gasteiger charge is -2.21. The van der Waals surface area contributed by atoms with E-state index in [1.54, 1.807) is 25.4 Å². The van der Waals surface area contributed by atoms with Crippen LogP contribution in [0.15, 0.2) is 54.9 Å². The van der Waals surface area contributed by atoms with Gasteiger partial charge in [0.1, 0.15) is 5.75 Å². The summed E-state index contributed by atoms with van der Waals surface area (Å²) in [6.45, 7) is 2.79. The molecule has 0 saturated heterocycles. The van der Waals surface area contributed by atoms with Crippen LogP contribution in [0.4, 0.5) is 14.9 Å². The Morgan fingerprint density at radius 3 is 2.73 bits per heavy atom. The minimum Gasteiger partial charge on any atom is -0.453 e. The average molecular weight is 564 g/mol. The van der Waals surface area contributed by atoms with Crippen LogP contribution >= 0.6 is 11.3 Å². The number of anilines is 1. The van der Waals surface area contributed by atoms with Crippen LogP contribution in [-0.4, -0.2) is 42.8 Å². The Labute approximate surface area is 237 Å². The highest BCUT2D eigenvalue weighted by molar-refractivity contribution is 7.22. The lowest BCUT2D eigenvalue weighted by atomic mass is 9.89. The van der Waals surface area contributed by atoms with E-state index in [1.165, 1.54) is 42.7 Å². The molecule has 0 radical (unpaired) electrons. The van der Waals surface area contributed by atoms with E-state index in [9.17, 15) is 9.18 Å². The summed E-state index contributed by atoms with van der Waals surface area (Å²) in [6, 6.07) is 11.8. The van der Waals surface area contributed by atoms with Gasteiger partial charge >= 0.3 is 6.03 Å². The molecule has 3 N–H and O–H groups in total. The molecule has 1 aliphatic carbocycles. The molecule has 4 aromatic rings. The highest BCUT2D eigenvalue weighted by Crippen LogP contribution is 2.39. The van der Waals surface area contributed by atoms with Gasteiger partial charge in [-0.3, -0.25) is 9.97 Å². The van der Waals surface area contributed by atoms with Gasteiger partial charge in [0.15, 0.2) is 11.6 Å². The molecule has 8 nitrogen and oxygen atoms in total. The second kappa shape index (κ2) is 13.6. The monoisotopic (exact) mass is 563 g/mol. The van der Waals surface area contributed by atoms with Crippen molar-refractivity contribution in [3.05, 3.63) is 66.2 Å². The van der Waals surface area contributed by atoms with Gasteiger partial charge in [-0.25, -0.2) is 9.18 Å². The fourth-order valence-corrected chi connectivity index (χ4v) is 5.83. The molecule has 1 aliphatic rings. The predicted octanol–water partition coefficient (Wildman–Crippen LogP) is 6.73. The van der Waals surface area contributed by atoms with Crippen LogP contribution in [0.1, 0.15) is 37.7 Å². The predicted molar refractivity (Wildman–Crippen MR) is 157 cm³/mol. The highest BCUT2D eigenvalue weighted by Gasteiger charge is 2.16. The van der Waals surface area contributed by atoms with Crippen LogP contribution in [0.2, 0.25) is 0 Å². The molecule has 2 amide bonds. The number of urea groups is 1. The minimum absolute atomic E-state index is 0.0686. The molecule has 1 fully saturated rings. The molecule has 40 heavy (non-hydrogen) atoms. The Hall–Kier alpha value is -3.60. The maximum atomic E-state index is 15.0. The van der Waals surface area contributed by atoms with Crippen molar-refractivity contribution < 1.29 is 18.7 Å². The third-order valence-corrected chi connectivity index (χ3v) is 8.11. The van der Waals surface area contributed by atoms with E-state index in [0.29, 0.717) is 37.1 Å². The number of thiophene rings is 1. The third-order valence-electron chi connectivity index (χ3n) is 6.95. The molecule has 1 saturated carbocycles. The third kappa shape index (κ3) is 7.32. The number of ether oxygens (including phenoxy) is 2. The summed E-state index contributed by atoms with van der Waals surface area (Å²) in [4.78, 5) is 22.3. The van der Waals surface area contributed by atoms with Crippen molar-refractivity contribution in [1.82, 2.24) is 20.6 Å². The molecule has 0 spiro atoms. The second-order valence-electron chi connectivity index (χ2n) is 9.94. The number of benzene rings is 1. The lowest BCUT2D eigenvalue weighted by Crippen LogP contribution is -2.33. The van der Waals surface area contributed by atoms with Gasteiger partial charge in [-0.1, -0.05) is 25.3 Å². The standard InChI is InChI=1S/C30H34FN5O3S/c1-38-14-13-32-17-21-7-9-24(34-19-21)28-16-25-29(40-28)27(11-12-33-25)39-26-10-8-22(15-23(26)31)36-30(37)35-18-20-5-3-2-4-6-20/h7-12,15-16,19-20,32H,2-6,13-14,17-18H2,1H3,(H2,35,36,37). The summed E-state index contributed by atoms with van der Waals surface area (Å²) in [6.07, 6.45) is 9.49. The smallest absolute Gasteiger partial charge is 0.319 e. The van der Waals surface area contributed by atoms with Crippen molar-refractivity contribution in [2.45, 2.75) is 38.6 Å². The number of halogens is 1. The summed E-state index contributed by atoms with van der Waals surface area (Å²) < 4.78 is 26.8. The van der Waals surface area contributed by atoms with E-state index >= 15 is 0 Å². The Kier molecular flexibility index (Phi) is 9.54. The number of amides is 2. The van der Waals surface area contributed by atoms with Gasteiger partial charge in [-0.15, -0.1) is 11.3 Å². The normalized spacial score (nSPS) is 13.8. The Morgan fingerprint density at radius 2 is 1.95 bits per heavy atom. The summed E-state index contributed by atoms with van der Waals surface area (Å²) in [5, 5.41) is 8.93. The zero-order chi connectivity index (χ0) is 27.7. The number of carbonyl (C=O) groups is 1. The number of carbonyl (C=O) groups excluding carboxylic acids is 1. The minimum atomic E-state index is -0.566. The van der Waals surface area contributed by atoms with Crippen LogP contribution in [0, 0.1) is 11.7 Å². The van der Waals surface area contributed by atoms with Gasteiger partial charge in [0.25, 0.3) is 0 Å². The van der Waals surface area contributed by atoms with Crippen molar-refractivity contribution in [2.75, 3.05) is 32.1 Å². The molecule has 0 aliphatic heterocycles. The Balaban J connectivity index is 1.22. The topological polar surface area (TPSA) is 97.4 Å². The zero-order valence-electron chi connectivity index (χ0n) is 22.5. The van der Waals surface area contributed by atoms with Crippen LogP contribution in [0.3, 0.4) is 0 Å². The number of aromatic nitrogens is 2. The van der Waals surface area contributed by atoms with Crippen molar-refractivity contribution >= 4 is 33.3 Å². The quantitative estimate of drug-likeness (QED) is 0.175. The number of nitrogens with zero attached hydrogens (tertiary/aromatic N) is 2. The number of fused-ring (bicyclic) bond motifs is 1. The van der Waals surface area contributed by atoms with Crippen LogP contribution in [-0.2, 0) is 11.3 Å². The highest BCUT2D eigenvalue weighted by atomic mass is 32.1. The lowest BCUT2D eigenvalue weighted by molar-refractivity contribution is 0.199. The van der Waals surface area contributed by atoms with Crippen LogP contribution in [0.5, 0.6) is 11.5 Å². The first-order chi connectivity index (χ1) is 19.6. The molecule has 3 aromatic heterocycles. The van der Waals surface area contributed by atoms with Gasteiger partial charge in [-0.05, 0) is 48.6 Å². The molecule has 1 aromatic carbocycles. The molecule has 5 rings (SSSR count). The van der Waals surface area contributed by atoms with Crippen molar-refractivity contribution in [1.29, 1.82) is 0 Å². The summed E-state index contributed by atoms with van der Waals surface area (Å²) in [7, 11) is 1.68. The first-order valence-corrected chi connectivity index (χ1v) is 14.5. The first-order valence-electron chi connectivity index (χ1n) is 13.6. The van der Waals surface area contributed by atoms with E-state index in [-0.39, 0.29) is 11.8 Å². The number of methoxy groups -OCH3 is 1. The molecular weight excluding hydrogens is 529 g/mol. The van der Waals surface area contributed by atoms with Crippen molar-refractivity contribution in [3.8, 4) is 22.1 Å². The number of pyridine rings is 2. The van der Waals surface area contributed by atoms with Gasteiger partial charge in [0, 0.05) is 57.0 Å². The Morgan fingerprint density at radius 1 is 1.07 bits per heavy atom.